The lowest BCUT2D eigenvalue weighted by Gasteiger charge is -2.51. The third-order valence-electron chi connectivity index (χ3n) is 13.7. The second-order valence-electron chi connectivity index (χ2n) is 20.9. The molecule has 0 aromatic rings. The van der Waals surface area contributed by atoms with Crippen molar-refractivity contribution in [2.45, 2.75) is 103 Å². The van der Waals surface area contributed by atoms with E-state index >= 15 is 0 Å². The Bertz CT molecular complexity index is 1310. The Morgan fingerprint density at radius 3 is 0.896 bits per heavy atom. The first-order valence-electron chi connectivity index (χ1n) is 19.4. The van der Waals surface area contributed by atoms with Gasteiger partial charge in [0.25, 0.3) is 0 Å². The highest BCUT2D eigenvalue weighted by molar-refractivity contribution is 5.43. The second-order valence-corrected chi connectivity index (χ2v) is 20.9. The monoisotopic (exact) mass is 645 g/mol. The van der Waals surface area contributed by atoms with Crippen molar-refractivity contribution in [1.29, 1.82) is 0 Å². The Labute approximate surface area is 296 Å². The molecule has 0 bridgehead atoms. The lowest BCUT2D eigenvalue weighted by atomic mass is 9.53. The van der Waals surface area contributed by atoms with Crippen molar-refractivity contribution >= 4 is 0 Å². The van der Waals surface area contributed by atoms with E-state index in [4.69, 9.17) is 0 Å². The van der Waals surface area contributed by atoms with Crippen LogP contribution in [-0.2, 0) is 0 Å². The fourth-order valence-electron chi connectivity index (χ4n) is 11.0. The van der Waals surface area contributed by atoms with Gasteiger partial charge >= 0.3 is 0 Å². The molecule has 8 unspecified atom stereocenters. The number of hydrogen-bond acceptors (Lipinski definition) is 0. The largest absolute Gasteiger partial charge is 0.103 e. The van der Waals surface area contributed by atoms with Gasteiger partial charge in [0, 0.05) is 0 Å². The average molecular weight is 645 g/mol. The number of allylic oxidation sites excluding steroid dienone is 17. The van der Waals surface area contributed by atoms with Crippen LogP contribution in [-0.4, -0.2) is 0 Å². The zero-order chi connectivity index (χ0) is 35.2. The summed E-state index contributed by atoms with van der Waals surface area (Å²) in [6.07, 6.45) is 36.1. The van der Waals surface area contributed by atoms with Crippen LogP contribution in [0.25, 0.3) is 0 Å². The van der Waals surface area contributed by atoms with Gasteiger partial charge in [-0.05, 0) is 121 Å². The van der Waals surface area contributed by atoms with Crippen LogP contribution in [0.2, 0.25) is 0 Å². The van der Waals surface area contributed by atoms with Crippen LogP contribution in [0.1, 0.15) is 103 Å². The fourth-order valence-corrected chi connectivity index (χ4v) is 11.0. The Balaban J connectivity index is 1.59. The van der Waals surface area contributed by atoms with E-state index in [1.54, 1.807) is 0 Å². The Morgan fingerprint density at radius 1 is 0.438 bits per heavy atom. The molecule has 48 heavy (non-hydrogen) atoms. The van der Waals surface area contributed by atoms with Gasteiger partial charge in [-0.3, -0.25) is 0 Å². The minimum Gasteiger partial charge on any atom is -0.103 e. The van der Waals surface area contributed by atoms with E-state index in [2.05, 4.69) is 176 Å². The summed E-state index contributed by atoms with van der Waals surface area (Å²) in [6, 6.07) is 0. The van der Waals surface area contributed by atoms with E-state index in [0.717, 1.165) is 6.42 Å². The van der Waals surface area contributed by atoms with E-state index < -0.39 is 0 Å². The zero-order valence-corrected chi connectivity index (χ0v) is 32.9. The second kappa shape index (κ2) is 11.9. The highest BCUT2D eigenvalue weighted by Crippen LogP contribution is 2.68. The molecule has 6 rings (SSSR count). The first kappa shape index (κ1) is 35.5. The molecule has 2 fully saturated rings. The zero-order valence-electron chi connectivity index (χ0n) is 32.9. The maximum Gasteiger partial charge on any atom is -0.00952 e. The van der Waals surface area contributed by atoms with E-state index in [9.17, 15) is 0 Å². The van der Waals surface area contributed by atoms with Crippen LogP contribution >= 0.6 is 0 Å². The smallest absolute Gasteiger partial charge is 0.00952 e. The van der Waals surface area contributed by atoms with Gasteiger partial charge in [-0.1, -0.05) is 169 Å². The van der Waals surface area contributed by atoms with Gasteiger partial charge in [-0.15, -0.1) is 6.58 Å². The maximum absolute atomic E-state index is 4.33. The van der Waals surface area contributed by atoms with Crippen LogP contribution in [0, 0.1) is 86.3 Å². The molecule has 0 radical (unpaired) electrons. The SMILES string of the molecule is C=CCCC(C)(C1C2C=C(C(C)(C)C)C=CC2C2C=CC(C(C)(C)C)=CC21)C1C2C=C(C(C)(C)C)C=CC2C2C=CC(C(C)(C)C)=CC21. The molecule has 0 saturated heterocycles. The highest BCUT2D eigenvalue weighted by Gasteiger charge is 2.62. The Morgan fingerprint density at radius 2 is 0.688 bits per heavy atom. The van der Waals surface area contributed by atoms with Gasteiger partial charge in [-0.2, -0.15) is 0 Å². The molecule has 0 spiro atoms. The van der Waals surface area contributed by atoms with Gasteiger partial charge in [0.15, 0.2) is 0 Å². The lowest BCUT2D eigenvalue weighted by Crippen LogP contribution is -2.45. The molecule has 0 heterocycles. The molecule has 6 aliphatic carbocycles. The Hall–Kier alpha value is -2.34. The molecule has 6 aliphatic rings. The summed E-state index contributed by atoms with van der Waals surface area (Å²) in [7, 11) is 0. The standard InChI is InChI=1S/C48H68/c1-15-16-25-48(14,42-38-26-30(44(2,3)4)17-21-34(38)35-22-18-31(27-39(35)42)45(5,6)7)43-40-28-32(46(8,9)10)19-23-36(40)37-24-20-33(29-41(37)43)47(11,12)13/h15,17-24,26-29,34-43H,1,16,25H2,2-14H3. The van der Waals surface area contributed by atoms with Gasteiger partial charge in [-0.25, -0.2) is 0 Å². The van der Waals surface area contributed by atoms with Crippen molar-refractivity contribution in [3.05, 3.63) is 108 Å². The van der Waals surface area contributed by atoms with Gasteiger partial charge in [0.05, 0.1) is 0 Å². The first-order valence-corrected chi connectivity index (χ1v) is 19.4. The molecular weight excluding hydrogens is 577 g/mol. The summed E-state index contributed by atoms with van der Waals surface area (Å²) in [5.41, 5.74) is 6.77. The van der Waals surface area contributed by atoms with Crippen LogP contribution < -0.4 is 0 Å². The fraction of sp³-hybridized carbons (Fsp3) is 0.625. The highest BCUT2D eigenvalue weighted by atomic mass is 14.7. The topological polar surface area (TPSA) is 0 Å². The molecule has 0 heteroatoms. The number of rotatable bonds is 5. The summed E-state index contributed by atoms with van der Waals surface area (Å²) in [5.74, 6) is 5.43. The predicted octanol–water partition coefficient (Wildman–Crippen LogP) is 13.3. The van der Waals surface area contributed by atoms with Crippen molar-refractivity contribution in [2.24, 2.45) is 86.3 Å². The maximum atomic E-state index is 4.33. The summed E-state index contributed by atoms with van der Waals surface area (Å²) in [4.78, 5) is 0. The van der Waals surface area contributed by atoms with Crippen LogP contribution in [0.4, 0.5) is 0 Å². The third kappa shape index (κ3) is 6.04. The lowest BCUT2D eigenvalue weighted by molar-refractivity contribution is 0.0125. The molecule has 2 saturated carbocycles. The first-order chi connectivity index (χ1) is 22.2. The van der Waals surface area contributed by atoms with Gasteiger partial charge in [0.2, 0.25) is 0 Å². The van der Waals surface area contributed by atoms with Crippen molar-refractivity contribution in [3.63, 3.8) is 0 Å². The molecule has 0 amide bonds. The molecule has 0 aliphatic heterocycles. The predicted molar refractivity (Wildman–Crippen MR) is 209 cm³/mol. The normalized spacial score (nSPS) is 37.0. The van der Waals surface area contributed by atoms with E-state index in [1.165, 1.54) is 28.7 Å². The number of fused-ring (bicyclic) bond motifs is 6. The summed E-state index contributed by atoms with van der Waals surface area (Å²) >= 11 is 0. The summed E-state index contributed by atoms with van der Waals surface area (Å²) < 4.78 is 0. The third-order valence-corrected chi connectivity index (χ3v) is 13.7. The van der Waals surface area contributed by atoms with E-state index in [0.29, 0.717) is 59.2 Å². The van der Waals surface area contributed by atoms with Gasteiger partial charge in [0.1, 0.15) is 0 Å². The minimum absolute atomic E-state index is 0.115. The van der Waals surface area contributed by atoms with Crippen molar-refractivity contribution in [3.8, 4) is 0 Å². The van der Waals surface area contributed by atoms with Crippen LogP contribution in [0.3, 0.4) is 0 Å². The minimum atomic E-state index is 0.115. The molecule has 0 aromatic heterocycles. The van der Waals surface area contributed by atoms with Crippen molar-refractivity contribution in [1.82, 2.24) is 0 Å². The van der Waals surface area contributed by atoms with E-state index in [-0.39, 0.29) is 27.1 Å². The molecular formula is C48H68. The van der Waals surface area contributed by atoms with Crippen molar-refractivity contribution < 1.29 is 0 Å². The summed E-state index contributed by atoms with van der Waals surface area (Å²) in [5, 5.41) is 0. The van der Waals surface area contributed by atoms with E-state index in [1.807, 2.05) is 0 Å². The summed E-state index contributed by atoms with van der Waals surface area (Å²) in [6.45, 7) is 35.9. The number of hydrogen-bond donors (Lipinski definition) is 0. The van der Waals surface area contributed by atoms with Gasteiger partial charge < -0.3 is 0 Å². The van der Waals surface area contributed by atoms with Crippen LogP contribution in [0.5, 0.6) is 0 Å². The molecule has 0 nitrogen and oxygen atoms in total. The molecule has 8 atom stereocenters. The molecule has 0 N–H and O–H groups in total. The average Bonchev–Trinajstić information content (AvgIpc) is 3.50. The molecule has 0 aromatic carbocycles. The quantitative estimate of drug-likeness (QED) is 0.261. The van der Waals surface area contributed by atoms with Crippen LogP contribution in [0.15, 0.2) is 108 Å². The van der Waals surface area contributed by atoms with Crippen molar-refractivity contribution in [2.75, 3.05) is 0 Å². The molecule has 260 valence electrons. The Kier molecular flexibility index (Phi) is 8.78.